The van der Waals surface area contributed by atoms with Crippen LogP contribution in [0.4, 0.5) is 0 Å². The van der Waals surface area contributed by atoms with Crippen molar-refractivity contribution in [2.24, 2.45) is 0 Å². The monoisotopic (exact) mass is 650 g/mol. The molecule has 0 atom stereocenters. The number of hydrogen-bond acceptors (Lipinski definition) is 0. The van der Waals surface area contributed by atoms with Gasteiger partial charge in [-0.25, -0.2) is 0 Å². The molecule has 0 aromatic heterocycles. The minimum atomic E-state index is -2.39. The summed E-state index contributed by atoms with van der Waals surface area (Å²) in [4.78, 5) is 0. The first-order valence-corrected chi connectivity index (χ1v) is 20.5. The lowest BCUT2D eigenvalue weighted by Gasteiger charge is -2.38. The van der Waals surface area contributed by atoms with Crippen molar-refractivity contribution in [3.63, 3.8) is 0 Å². The SMILES string of the molecule is CC1[P+](c2ccccc2)(c2ccccc2)c2ccc3ccccc3c2-c2c(ccc3ccccc23)[P+]1(c1ccccc1)c1ccccc1. The fraction of sp³-hybridized carbons (Fsp3) is 0.0435. The van der Waals surface area contributed by atoms with E-state index < -0.39 is 14.5 Å². The Kier molecular flexibility index (Phi) is 7.13. The van der Waals surface area contributed by atoms with Crippen molar-refractivity contribution in [1.29, 1.82) is 0 Å². The molecule has 0 aliphatic carbocycles. The van der Waals surface area contributed by atoms with E-state index in [4.69, 9.17) is 0 Å². The summed E-state index contributed by atoms with van der Waals surface area (Å²) in [6.07, 6.45) is 0. The summed E-state index contributed by atoms with van der Waals surface area (Å²) < 4.78 is 0. The Balaban J connectivity index is 1.63. The van der Waals surface area contributed by atoms with Crippen LogP contribution in [0.15, 0.2) is 194 Å². The minimum Gasteiger partial charge on any atom is -0.0620 e. The molecule has 0 saturated carbocycles. The predicted octanol–water partition coefficient (Wildman–Crippen LogP) is 9.61. The van der Waals surface area contributed by atoms with Crippen LogP contribution in [-0.2, 0) is 0 Å². The van der Waals surface area contributed by atoms with E-state index in [1.54, 1.807) is 0 Å². The van der Waals surface area contributed by atoms with Crippen LogP contribution in [0.3, 0.4) is 0 Å². The Morgan fingerprint density at radius 1 is 0.312 bits per heavy atom. The van der Waals surface area contributed by atoms with E-state index in [9.17, 15) is 0 Å². The van der Waals surface area contributed by atoms with Gasteiger partial charge < -0.3 is 0 Å². The molecule has 0 bridgehead atoms. The third-order valence-corrected chi connectivity index (χ3v) is 21.6. The van der Waals surface area contributed by atoms with Crippen LogP contribution in [0.1, 0.15) is 6.92 Å². The Labute approximate surface area is 284 Å². The molecule has 228 valence electrons. The molecule has 0 amide bonds. The van der Waals surface area contributed by atoms with Gasteiger partial charge in [0, 0.05) is 18.1 Å². The number of benzene rings is 8. The zero-order chi connectivity index (χ0) is 32.1. The van der Waals surface area contributed by atoms with Crippen molar-refractivity contribution in [2.45, 2.75) is 12.3 Å². The molecular weight excluding hydrogens is 614 g/mol. The molecule has 9 rings (SSSR count). The smallest absolute Gasteiger partial charge is 0.0620 e. The van der Waals surface area contributed by atoms with Gasteiger partial charge in [0.25, 0.3) is 0 Å². The van der Waals surface area contributed by atoms with Crippen molar-refractivity contribution in [3.05, 3.63) is 194 Å². The molecule has 0 saturated heterocycles. The first-order valence-electron chi connectivity index (χ1n) is 16.8. The van der Waals surface area contributed by atoms with Gasteiger partial charge in [0.15, 0.2) is 19.9 Å². The van der Waals surface area contributed by atoms with E-state index in [1.165, 1.54) is 64.5 Å². The third-order valence-electron chi connectivity index (χ3n) is 10.6. The Hall–Kier alpha value is -4.86. The standard InChI is InChI=1S/C46H36P2/c1-34-47(37-20-6-2-7-21-37,38-22-8-3-9-23-38)43-32-30-35-18-14-16-28-41(35)45(43)46-42-29-17-15-19-36(42)31-33-44(46)48(34,39-24-10-4-11-25-39)40-26-12-5-13-27-40/h2-34H,1H3/q+2. The molecule has 0 unspecified atom stereocenters. The normalized spacial score (nSPS) is 15.0. The average molecular weight is 651 g/mol. The van der Waals surface area contributed by atoms with Crippen molar-refractivity contribution >= 4 is 67.9 Å². The zero-order valence-electron chi connectivity index (χ0n) is 26.9. The molecule has 1 aliphatic rings. The lowest BCUT2D eigenvalue weighted by atomic mass is 9.93. The van der Waals surface area contributed by atoms with E-state index in [0.29, 0.717) is 0 Å². The van der Waals surface area contributed by atoms with Crippen molar-refractivity contribution in [2.75, 3.05) is 0 Å². The zero-order valence-corrected chi connectivity index (χ0v) is 28.7. The van der Waals surface area contributed by atoms with Crippen LogP contribution in [0.25, 0.3) is 32.7 Å². The average Bonchev–Trinajstić information content (AvgIpc) is 3.26. The highest BCUT2D eigenvalue weighted by Crippen LogP contribution is 2.79. The fourth-order valence-corrected chi connectivity index (χ4v) is 21.7. The highest BCUT2D eigenvalue weighted by molar-refractivity contribution is 8.11. The van der Waals surface area contributed by atoms with Gasteiger partial charge in [0.2, 0.25) is 0 Å². The van der Waals surface area contributed by atoms with Gasteiger partial charge in [-0.1, -0.05) is 133 Å². The Morgan fingerprint density at radius 3 is 0.938 bits per heavy atom. The van der Waals surface area contributed by atoms with Gasteiger partial charge in [0.05, 0.1) is 0 Å². The molecule has 0 radical (unpaired) electrons. The van der Waals surface area contributed by atoms with Crippen LogP contribution in [0.2, 0.25) is 0 Å². The molecule has 1 aliphatic heterocycles. The minimum absolute atomic E-state index is 0.252. The quantitative estimate of drug-likeness (QED) is 0.167. The second-order valence-electron chi connectivity index (χ2n) is 12.8. The number of hydrogen-bond donors (Lipinski definition) is 0. The van der Waals surface area contributed by atoms with Crippen LogP contribution < -0.4 is 31.8 Å². The molecule has 0 spiro atoms. The van der Waals surface area contributed by atoms with E-state index in [0.717, 1.165) is 0 Å². The van der Waals surface area contributed by atoms with Crippen LogP contribution in [0, 0.1) is 0 Å². The van der Waals surface area contributed by atoms with Crippen LogP contribution in [0.5, 0.6) is 0 Å². The maximum absolute atomic E-state index is 2.62. The fourth-order valence-electron chi connectivity index (χ4n) is 8.67. The molecule has 2 heteroatoms. The second-order valence-corrected chi connectivity index (χ2v) is 20.7. The van der Waals surface area contributed by atoms with Crippen molar-refractivity contribution in [3.8, 4) is 11.1 Å². The van der Waals surface area contributed by atoms with Crippen molar-refractivity contribution in [1.82, 2.24) is 0 Å². The largest absolute Gasteiger partial charge is 0.194 e. The lowest BCUT2D eigenvalue weighted by Crippen LogP contribution is -2.44. The number of fused-ring (bicyclic) bond motifs is 7. The lowest BCUT2D eigenvalue weighted by molar-refractivity contribution is 1.36. The highest BCUT2D eigenvalue weighted by atomic mass is 31.2. The molecule has 0 nitrogen and oxygen atoms in total. The predicted molar refractivity (Wildman–Crippen MR) is 214 cm³/mol. The van der Waals surface area contributed by atoms with Gasteiger partial charge in [0.1, 0.15) is 31.8 Å². The van der Waals surface area contributed by atoms with Gasteiger partial charge >= 0.3 is 0 Å². The number of rotatable bonds is 4. The van der Waals surface area contributed by atoms with Gasteiger partial charge in [-0.2, -0.15) is 0 Å². The molecule has 0 N–H and O–H groups in total. The van der Waals surface area contributed by atoms with E-state index in [1.807, 2.05) is 0 Å². The summed E-state index contributed by atoms with van der Waals surface area (Å²) in [5, 5.41) is 14.2. The third kappa shape index (κ3) is 4.10. The topological polar surface area (TPSA) is 0 Å². The summed E-state index contributed by atoms with van der Waals surface area (Å²) in [5.41, 5.74) is 2.81. The molecule has 0 fully saturated rings. The molecule has 8 aromatic carbocycles. The molecule has 1 heterocycles. The first kappa shape index (κ1) is 29.3. The Morgan fingerprint density at radius 2 is 0.604 bits per heavy atom. The summed E-state index contributed by atoms with van der Waals surface area (Å²) in [6.45, 7) is 2.62. The maximum Gasteiger partial charge on any atom is 0.194 e. The summed E-state index contributed by atoms with van der Waals surface area (Å²) >= 11 is 0. The Bertz CT molecular complexity index is 2150. The second kappa shape index (κ2) is 11.7. The molecule has 48 heavy (non-hydrogen) atoms. The molecule has 8 aromatic rings. The maximum atomic E-state index is 2.62. The summed E-state index contributed by atoms with van der Waals surface area (Å²) in [7, 11) is -4.78. The summed E-state index contributed by atoms with van der Waals surface area (Å²) in [5.74, 6) is 0. The van der Waals surface area contributed by atoms with Gasteiger partial charge in [-0.3, -0.25) is 0 Å². The summed E-state index contributed by atoms with van der Waals surface area (Å²) in [6, 6.07) is 74.1. The van der Waals surface area contributed by atoms with E-state index in [-0.39, 0.29) is 5.40 Å². The van der Waals surface area contributed by atoms with E-state index in [2.05, 4.69) is 201 Å². The highest BCUT2D eigenvalue weighted by Gasteiger charge is 2.69. The van der Waals surface area contributed by atoms with E-state index >= 15 is 0 Å². The van der Waals surface area contributed by atoms with Crippen LogP contribution in [-0.4, -0.2) is 5.40 Å². The molecular formula is C46H36P2+2. The first-order chi connectivity index (χ1) is 23.8. The van der Waals surface area contributed by atoms with Crippen LogP contribution >= 0.6 is 14.5 Å². The van der Waals surface area contributed by atoms with Gasteiger partial charge in [-0.15, -0.1) is 0 Å². The van der Waals surface area contributed by atoms with Crippen molar-refractivity contribution < 1.29 is 0 Å². The van der Waals surface area contributed by atoms with Gasteiger partial charge in [-0.05, 0) is 82.2 Å².